The number of nitrogens with one attached hydrogen (secondary N) is 4. The van der Waals surface area contributed by atoms with E-state index in [1.54, 1.807) is 23.1 Å². The first-order valence-electron chi connectivity index (χ1n) is 9.12. The lowest BCUT2D eigenvalue weighted by molar-refractivity contribution is -0.115. The van der Waals surface area contributed by atoms with Crippen molar-refractivity contribution in [2.24, 2.45) is 7.05 Å². The van der Waals surface area contributed by atoms with Gasteiger partial charge in [-0.05, 0) is 18.9 Å². The van der Waals surface area contributed by atoms with Gasteiger partial charge in [-0.25, -0.2) is 9.78 Å². The first-order chi connectivity index (χ1) is 14.0. The molecule has 0 radical (unpaired) electrons. The maximum Gasteiger partial charge on any atom is 0.326 e. The molecule has 0 aromatic carbocycles. The number of imidazole rings is 1. The smallest absolute Gasteiger partial charge is 0.326 e. The van der Waals surface area contributed by atoms with Gasteiger partial charge in [0.1, 0.15) is 5.70 Å². The second-order valence-electron chi connectivity index (χ2n) is 6.98. The van der Waals surface area contributed by atoms with E-state index in [1.165, 1.54) is 0 Å². The summed E-state index contributed by atoms with van der Waals surface area (Å²) >= 11 is 0. The molecular weight excluding hydrogens is 376 g/mol. The number of hydrogen-bond donors (Lipinski definition) is 4. The third-order valence-corrected chi connectivity index (χ3v) is 4.51. The summed E-state index contributed by atoms with van der Waals surface area (Å²) < 4.78 is 3.45. The maximum atomic E-state index is 11.8. The molecule has 0 atom stereocenters. The molecule has 148 valence electrons. The number of fused-ring (bicyclic) bond motifs is 1. The van der Waals surface area contributed by atoms with Crippen LogP contribution in [0.25, 0.3) is 11.7 Å². The Morgan fingerprint density at radius 1 is 1.28 bits per heavy atom. The molecule has 1 saturated heterocycles. The number of rotatable bonds is 6. The fourth-order valence-electron chi connectivity index (χ4n) is 2.94. The number of aryl methyl sites for hydroxylation is 1. The van der Waals surface area contributed by atoms with Gasteiger partial charge in [0, 0.05) is 24.8 Å². The Morgan fingerprint density at radius 2 is 2.14 bits per heavy atom. The first-order valence-corrected chi connectivity index (χ1v) is 9.12. The lowest BCUT2D eigenvalue weighted by Gasteiger charge is -2.09. The fraction of sp³-hybridized carbons (Fsp3) is 0.294. The summed E-state index contributed by atoms with van der Waals surface area (Å²) in [5.74, 6) is 0.477. The number of imide groups is 1. The second kappa shape index (κ2) is 6.58. The standard InChI is InChI=1S/C17H18N10O2/c1-26-7-11(19-8-26)6-18-15-23-13-9(4-12-14(28)24-17(29)22-12)5-20-27(13)16(25-15)21-10-2-3-10/h4-5,7-8,10H,2-3,6H2,1H3,(H2,18,21,23,25)(H2,22,24,28,29)/b12-4-. The Balaban J connectivity index is 1.50. The third-order valence-electron chi connectivity index (χ3n) is 4.51. The summed E-state index contributed by atoms with van der Waals surface area (Å²) in [5, 5.41) is 15.5. The zero-order chi connectivity index (χ0) is 20.0. The molecule has 5 rings (SSSR count). The van der Waals surface area contributed by atoms with Crippen LogP contribution in [0.3, 0.4) is 0 Å². The van der Waals surface area contributed by atoms with Crippen molar-refractivity contribution >= 4 is 35.6 Å². The molecule has 4 heterocycles. The van der Waals surface area contributed by atoms with E-state index in [0.717, 1.165) is 18.5 Å². The average Bonchev–Trinajstić information content (AvgIpc) is 3.10. The molecule has 3 amide bonds. The van der Waals surface area contributed by atoms with Crippen molar-refractivity contribution in [3.05, 3.63) is 35.7 Å². The van der Waals surface area contributed by atoms with E-state index < -0.39 is 11.9 Å². The fourth-order valence-corrected chi connectivity index (χ4v) is 2.94. The van der Waals surface area contributed by atoms with E-state index >= 15 is 0 Å². The summed E-state index contributed by atoms with van der Waals surface area (Å²) in [6, 6.07) is -0.191. The van der Waals surface area contributed by atoms with Crippen LogP contribution in [0.4, 0.5) is 16.7 Å². The Labute approximate surface area is 164 Å². The molecule has 1 aliphatic heterocycles. The molecule has 12 nitrogen and oxygen atoms in total. The summed E-state index contributed by atoms with van der Waals surface area (Å²) in [7, 11) is 1.90. The van der Waals surface area contributed by atoms with Crippen molar-refractivity contribution in [1.82, 2.24) is 39.8 Å². The van der Waals surface area contributed by atoms with E-state index in [-0.39, 0.29) is 5.70 Å². The monoisotopic (exact) mass is 394 g/mol. The van der Waals surface area contributed by atoms with Gasteiger partial charge in [0.25, 0.3) is 5.91 Å². The Hall–Kier alpha value is -3.96. The number of aromatic nitrogens is 6. The quantitative estimate of drug-likeness (QED) is 0.344. The maximum absolute atomic E-state index is 11.8. The molecule has 2 aliphatic rings. The van der Waals surface area contributed by atoms with Gasteiger partial charge in [-0.1, -0.05) is 0 Å². The molecule has 0 bridgehead atoms. The van der Waals surface area contributed by atoms with E-state index in [1.807, 2.05) is 17.8 Å². The highest BCUT2D eigenvalue weighted by Crippen LogP contribution is 2.25. The Kier molecular flexibility index (Phi) is 3.89. The van der Waals surface area contributed by atoms with Gasteiger partial charge in [-0.15, -0.1) is 0 Å². The SMILES string of the molecule is Cn1cnc(CNc2nc(NC3CC3)n3ncc(/C=C4\NC(=O)NC4=O)c3n2)c1. The molecule has 0 spiro atoms. The molecular formula is C17H18N10O2. The van der Waals surface area contributed by atoms with Crippen molar-refractivity contribution < 1.29 is 9.59 Å². The van der Waals surface area contributed by atoms with Crippen LogP contribution in [0.2, 0.25) is 0 Å². The summed E-state index contributed by atoms with van der Waals surface area (Å²) in [5.41, 5.74) is 2.09. The Bertz CT molecular complexity index is 1160. The van der Waals surface area contributed by atoms with Gasteiger partial charge in [0.05, 0.1) is 24.8 Å². The van der Waals surface area contributed by atoms with Crippen molar-refractivity contribution in [3.63, 3.8) is 0 Å². The van der Waals surface area contributed by atoms with E-state index in [0.29, 0.717) is 35.7 Å². The molecule has 12 heteroatoms. The molecule has 3 aromatic heterocycles. The van der Waals surface area contributed by atoms with Crippen LogP contribution in [0.1, 0.15) is 24.1 Å². The van der Waals surface area contributed by atoms with Crippen molar-refractivity contribution in [3.8, 4) is 0 Å². The van der Waals surface area contributed by atoms with Gasteiger partial charge in [-0.3, -0.25) is 10.1 Å². The molecule has 29 heavy (non-hydrogen) atoms. The van der Waals surface area contributed by atoms with Crippen LogP contribution in [-0.4, -0.2) is 47.1 Å². The van der Waals surface area contributed by atoms with E-state index in [9.17, 15) is 9.59 Å². The van der Waals surface area contributed by atoms with Crippen LogP contribution >= 0.6 is 0 Å². The lowest BCUT2D eigenvalue weighted by Crippen LogP contribution is -2.22. The van der Waals surface area contributed by atoms with Gasteiger partial charge < -0.3 is 20.5 Å². The molecule has 0 unspecified atom stereocenters. The predicted octanol–water partition coefficient (Wildman–Crippen LogP) is 0.225. The second-order valence-corrected chi connectivity index (χ2v) is 6.98. The van der Waals surface area contributed by atoms with Gasteiger partial charge >= 0.3 is 6.03 Å². The summed E-state index contributed by atoms with van der Waals surface area (Å²) in [4.78, 5) is 36.6. The Morgan fingerprint density at radius 3 is 2.83 bits per heavy atom. The third kappa shape index (κ3) is 3.47. The largest absolute Gasteiger partial charge is 0.351 e. The number of anilines is 2. The minimum atomic E-state index is -0.554. The minimum Gasteiger partial charge on any atom is -0.351 e. The van der Waals surface area contributed by atoms with Crippen LogP contribution in [0, 0.1) is 0 Å². The zero-order valence-corrected chi connectivity index (χ0v) is 15.5. The molecule has 1 aliphatic carbocycles. The van der Waals surface area contributed by atoms with Crippen LogP contribution in [0.5, 0.6) is 0 Å². The number of amides is 3. The highest BCUT2D eigenvalue weighted by molar-refractivity contribution is 6.14. The first kappa shape index (κ1) is 17.2. The van der Waals surface area contributed by atoms with Crippen molar-refractivity contribution in [2.75, 3.05) is 10.6 Å². The minimum absolute atomic E-state index is 0.142. The predicted molar refractivity (Wildman–Crippen MR) is 103 cm³/mol. The molecule has 1 saturated carbocycles. The topological polar surface area (TPSA) is 143 Å². The van der Waals surface area contributed by atoms with Gasteiger partial charge in [0.15, 0.2) is 5.65 Å². The number of hydrogen-bond acceptors (Lipinski definition) is 8. The van der Waals surface area contributed by atoms with E-state index in [4.69, 9.17) is 0 Å². The highest BCUT2D eigenvalue weighted by Gasteiger charge is 2.25. The van der Waals surface area contributed by atoms with Crippen molar-refractivity contribution in [1.29, 1.82) is 0 Å². The average molecular weight is 394 g/mol. The summed E-state index contributed by atoms with van der Waals surface area (Å²) in [6.45, 7) is 0.461. The van der Waals surface area contributed by atoms with Crippen LogP contribution in [-0.2, 0) is 18.4 Å². The number of nitrogens with zero attached hydrogens (tertiary/aromatic N) is 6. The normalized spacial score (nSPS) is 17.6. The molecule has 2 fully saturated rings. The lowest BCUT2D eigenvalue weighted by atomic mass is 10.2. The zero-order valence-electron chi connectivity index (χ0n) is 15.5. The van der Waals surface area contributed by atoms with Crippen LogP contribution < -0.4 is 21.3 Å². The molecule has 4 N–H and O–H groups in total. The van der Waals surface area contributed by atoms with Crippen molar-refractivity contribution in [2.45, 2.75) is 25.4 Å². The molecule has 3 aromatic rings. The van der Waals surface area contributed by atoms with Gasteiger partial charge in [-0.2, -0.15) is 19.6 Å². The number of carbonyl (C=O) groups excluding carboxylic acids is 2. The number of carbonyl (C=O) groups is 2. The van der Waals surface area contributed by atoms with E-state index in [2.05, 4.69) is 41.3 Å². The van der Waals surface area contributed by atoms with Crippen LogP contribution in [0.15, 0.2) is 24.4 Å². The van der Waals surface area contributed by atoms with Gasteiger partial charge in [0.2, 0.25) is 11.9 Å². The highest BCUT2D eigenvalue weighted by atomic mass is 16.2. The summed E-state index contributed by atoms with van der Waals surface area (Å²) in [6.07, 6.45) is 8.90. The number of urea groups is 1.